The van der Waals surface area contributed by atoms with Crippen LogP contribution < -0.4 is 10.1 Å². The zero-order valence-corrected chi connectivity index (χ0v) is 13.6. The van der Waals surface area contributed by atoms with Crippen LogP contribution in [0.1, 0.15) is 39.1 Å². The zero-order valence-electron chi connectivity index (χ0n) is 13.6. The zero-order chi connectivity index (χ0) is 15.2. The van der Waals surface area contributed by atoms with Crippen LogP contribution in [0, 0.1) is 6.92 Å². The average molecular weight is 280 g/mol. The van der Waals surface area contributed by atoms with Gasteiger partial charge in [-0.2, -0.15) is 0 Å². The van der Waals surface area contributed by atoms with Crippen molar-refractivity contribution in [3.05, 3.63) is 23.5 Å². The summed E-state index contributed by atoms with van der Waals surface area (Å²) in [6.07, 6.45) is 0.845. The van der Waals surface area contributed by atoms with Gasteiger partial charge in [0.2, 0.25) is 0 Å². The van der Waals surface area contributed by atoms with Crippen LogP contribution in [0.25, 0.3) is 0 Å². The van der Waals surface area contributed by atoms with Crippen LogP contribution in [-0.4, -0.2) is 36.9 Å². The Morgan fingerprint density at radius 2 is 2.00 bits per heavy atom. The molecule has 4 nitrogen and oxygen atoms in total. The lowest BCUT2D eigenvalue weighted by atomic mass is 10.1. The van der Waals surface area contributed by atoms with Crippen molar-refractivity contribution in [2.75, 3.05) is 20.3 Å². The number of aromatic nitrogens is 1. The van der Waals surface area contributed by atoms with Gasteiger partial charge in [-0.3, -0.25) is 4.98 Å². The summed E-state index contributed by atoms with van der Waals surface area (Å²) in [6.45, 7) is 11.8. The Hall–Kier alpha value is -1.13. The molecule has 1 rings (SSSR count). The van der Waals surface area contributed by atoms with Gasteiger partial charge in [0.15, 0.2) is 0 Å². The largest absolute Gasteiger partial charge is 0.485 e. The number of aryl methyl sites for hydroxylation is 2. The van der Waals surface area contributed by atoms with E-state index in [-0.39, 0.29) is 11.6 Å². The van der Waals surface area contributed by atoms with Gasteiger partial charge in [0, 0.05) is 24.9 Å². The summed E-state index contributed by atoms with van der Waals surface area (Å²) in [6, 6.07) is 3.98. The highest BCUT2D eigenvalue weighted by Crippen LogP contribution is 2.19. The van der Waals surface area contributed by atoms with Crippen molar-refractivity contribution in [2.45, 2.75) is 52.7 Å². The number of nitrogens with one attached hydrogen (secondary N) is 1. The molecule has 0 saturated carbocycles. The fraction of sp³-hybridized carbons (Fsp3) is 0.688. The fourth-order valence-corrected chi connectivity index (χ4v) is 1.88. The van der Waals surface area contributed by atoms with Crippen LogP contribution in [-0.2, 0) is 11.2 Å². The molecule has 1 N–H and O–H groups in total. The van der Waals surface area contributed by atoms with Gasteiger partial charge < -0.3 is 14.8 Å². The minimum absolute atomic E-state index is 0.0194. The summed E-state index contributed by atoms with van der Waals surface area (Å²) in [7, 11) is 1.70. The summed E-state index contributed by atoms with van der Waals surface area (Å²) < 4.78 is 11.3. The molecule has 0 spiro atoms. The van der Waals surface area contributed by atoms with E-state index in [1.165, 1.54) is 0 Å². The lowest BCUT2D eigenvalue weighted by Crippen LogP contribution is -2.44. The standard InChI is InChI=1S/C16H28N2O2/c1-7-14-15(9-8-12(2)18-14)20-13(11-19-6)10-17-16(3,4)5/h8-9,13,17H,7,10-11H2,1-6H3. The molecule has 1 atom stereocenters. The molecule has 0 radical (unpaired) electrons. The van der Waals surface area contributed by atoms with E-state index < -0.39 is 0 Å². The third-order valence-corrected chi connectivity index (χ3v) is 2.91. The molecular formula is C16H28N2O2. The molecule has 4 heteroatoms. The lowest BCUT2D eigenvalue weighted by Gasteiger charge is -2.26. The Kier molecular flexibility index (Phi) is 6.43. The normalized spacial score (nSPS) is 13.3. The van der Waals surface area contributed by atoms with E-state index in [1.54, 1.807) is 7.11 Å². The van der Waals surface area contributed by atoms with E-state index >= 15 is 0 Å². The van der Waals surface area contributed by atoms with Gasteiger partial charge in [0.1, 0.15) is 11.9 Å². The van der Waals surface area contributed by atoms with Crippen LogP contribution >= 0.6 is 0 Å². The number of nitrogens with zero attached hydrogens (tertiary/aromatic N) is 1. The van der Waals surface area contributed by atoms with Crippen LogP contribution in [0.2, 0.25) is 0 Å². The molecule has 0 amide bonds. The van der Waals surface area contributed by atoms with Crippen molar-refractivity contribution in [3.8, 4) is 5.75 Å². The number of pyridine rings is 1. The van der Waals surface area contributed by atoms with Crippen LogP contribution in [0.5, 0.6) is 5.75 Å². The molecule has 0 fully saturated rings. The van der Waals surface area contributed by atoms with Crippen LogP contribution in [0.15, 0.2) is 12.1 Å². The van der Waals surface area contributed by atoms with E-state index in [0.717, 1.165) is 30.1 Å². The molecule has 1 heterocycles. The molecular weight excluding hydrogens is 252 g/mol. The van der Waals surface area contributed by atoms with Crippen molar-refractivity contribution < 1.29 is 9.47 Å². The van der Waals surface area contributed by atoms with E-state index in [2.05, 4.69) is 38.0 Å². The lowest BCUT2D eigenvalue weighted by molar-refractivity contribution is 0.0755. The van der Waals surface area contributed by atoms with Gasteiger partial charge in [-0.15, -0.1) is 0 Å². The van der Waals surface area contributed by atoms with Crippen molar-refractivity contribution in [1.82, 2.24) is 10.3 Å². The summed E-state index contributed by atoms with van der Waals surface area (Å²) in [5.74, 6) is 0.857. The Balaban J connectivity index is 2.74. The molecule has 0 saturated heterocycles. The van der Waals surface area contributed by atoms with Gasteiger partial charge >= 0.3 is 0 Å². The smallest absolute Gasteiger partial charge is 0.141 e. The second-order valence-electron chi connectivity index (χ2n) is 6.08. The van der Waals surface area contributed by atoms with Crippen molar-refractivity contribution in [2.24, 2.45) is 0 Å². The molecule has 114 valence electrons. The maximum absolute atomic E-state index is 6.08. The highest BCUT2D eigenvalue weighted by molar-refractivity contribution is 5.29. The molecule has 0 aliphatic rings. The van der Waals surface area contributed by atoms with Crippen molar-refractivity contribution in [3.63, 3.8) is 0 Å². The summed E-state index contributed by atoms with van der Waals surface area (Å²) in [5.41, 5.74) is 2.08. The van der Waals surface area contributed by atoms with Crippen molar-refractivity contribution >= 4 is 0 Å². The fourth-order valence-electron chi connectivity index (χ4n) is 1.88. The Morgan fingerprint density at radius 3 is 2.55 bits per heavy atom. The van der Waals surface area contributed by atoms with Gasteiger partial charge in [-0.05, 0) is 46.2 Å². The molecule has 0 bridgehead atoms. The first-order chi connectivity index (χ1) is 9.35. The van der Waals surface area contributed by atoms with E-state index in [4.69, 9.17) is 9.47 Å². The molecule has 0 aromatic carbocycles. The first-order valence-electron chi connectivity index (χ1n) is 7.23. The highest BCUT2D eigenvalue weighted by atomic mass is 16.5. The number of methoxy groups -OCH3 is 1. The van der Waals surface area contributed by atoms with E-state index in [9.17, 15) is 0 Å². The van der Waals surface area contributed by atoms with Gasteiger partial charge in [0.25, 0.3) is 0 Å². The maximum atomic E-state index is 6.08. The predicted molar refractivity (Wildman–Crippen MR) is 82.4 cm³/mol. The first kappa shape index (κ1) is 16.9. The highest BCUT2D eigenvalue weighted by Gasteiger charge is 2.17. The third-order valence-electron chi connectivity index (χ3n) is 2.91. The summed E-state index contributed by atoms with van der Waals surface area (Å²) >= 11 is 0. The topological polar surface area (TPSA) is 43.4 Å². The SMILES string of the molecule is CCc1nc(C)ccc1OC(CNC(C)(C)C)COC. The number of hydrogen-bond donors (Lipinski definition) is 1. The molecule has 1 aromatic heterocycles. The summed E-state index contributed by atoms with van der Waals surface area (Å²) in [5, 5.41) is 3.45. The molecule has 0 aliphatic carbocycles. The second-order valence-corrected chi connectivity index (χ2v) is 6.08. The molecule has 1 aromatic rings. The Labute approximate surface area is 122 Å². The van der Waals surface area contributed by atoms with E-state index in [1.807, 2.05) is 19.1 Å². The van der Waals surface area contributed by atoms with Crippen molar-refractivity contribution in [1.29, 1.82) is 0 Å². The number of ether oxygens (including phenoxy) is 2. The second kappa shape index (κ2) is 7.60. The van der Waals surface area contributed by atoms with Crippen LogP contribution in [0.4, 0.5) is 0 Å². The Bertz CT molecular complexity index is 413. The minimum atomic E-state index is -0.0194. The molecule has 0 aliphatic heterocycles. The minimum Gasteiger partial charge on any atom is -0.485 e. The van der Waals surface area contributed by atoms with Crippen LogP contribution in [0.3, 0.4) is 0 Å². The molecule has 1 unspecified atom stereocenters. The van der Waals surface area contributed by atoms with E-state index in [0.29, 0.717) is 6.61 Å². The van der Waals surface area contributed by atoms with Gasteiger partial charge in [-0.25, -0.2) is 0 Å². The van der Waals surface area contributed by atoms with Gasteiger partial charge in [0.05, 0.1) is 12.3 Å². The Morgan fingerprint density at radius 1 is 1.30 bits per heavy atom. The number of rotatable bonds is 7. The predicted octanol–water partition coefficient (Wildman–Crippen LogP) is 2.73. The first-order valence-corrected chi connectivity index (χ1v) is 7.23. The average Bonchev–Trinajstić information content (AvgIpc) is 2.37. The third kappa shape index (κ3) is 5.88. The monoisotopic (exact) mass is 280 g/mol. The quantitative estimate of drug-likeness (QED) is 0.834. The maximum Gasteiger partial charge on any atom is 0.141 e. The van der Waals surface area contributed by atoms with Gasteiger partial charge in [-0.1, -0.05) is 6.92 Å². The number of hydrogen-bond acceptors (Lipinski definition) is 4. The summed E-state index contributed by atoms with van der Waals surface area (Å²) in [4.78, 5) is 4.53. The molecule has 20 heavy (non-hydrogen) atoms.